The zero-order valence-electron chi connectivity index (χ0n) is 11.3. The molecular weight excluding hydrogens is 224 g/mol. The average molecular weight is 248 g/mol. The van der Waals surface area contributed by atoms with Crippen molar-refractivity contribution in [2.45, 2.75) is 50.7 Å². The van der Waals surface area contributed by atoms with Crippen molar-refractivity contribution in [3.63, 3.8) is 0 Å². The minimum atomic E-state index is 0.330. The van der Waals surface area contributed by atoms with Gasteiger partial charge in [-0.15, -0.1) is 0 Å². The predicted molar refractivity (Wildman–Crippen MR) is 74.5 cm³/mol. The van der Waals surface area contributed by atoms with Gasteiger partial charge in [0.25, 0.3) is 0 Å². The third-order valence-corrected chi connectivity index (χ3v) is 4.28. The Balaban J connectivity index is 2.02. The summed E-state index contributed by atoms with van der Waals surface area (Å²) in [6.45, 7) is 2.20. The van der Waals surface area contributed by atoms with Crippen molar-refractivity contribution < 1.29 is 5.11 Å². The zero-order valence-corrected chi connectivity index (χ0v) is 11.3. The van der Waals surface area contributed by atoms with E-state index in [0.717, 1.165) is 12.8 Å². The van der Waals surface area contributed by atoms with E-state index < -0.39 is 0 Å². The second-order valence-electron chi connectivity index (χ2n) is 5.51. The van der Waals surface area contributed by atoms with Crippen LogP contribution in [0, 0.1) is 0 Å². The van der Waals surface area contributed by atoms with Gasteiger partial charge >= 0.3 is 0 Å². The first-order valence-electron chi connectivity index (χ1n) is 6.84. The van der Waals surface area contributed by atoms with Gasteiger partial charge in [-0.1, -0.05) is 12.1 Å². The molecule has 3 nitrogen and oxygen atoms in total. The molecule has 1 aliphatic rings. The van der Waals surface area contributed by atoms with Crippen LogP contribution in [0.25, 0.3) is 0 Å². The van der Waals surface area contributed by atoms with Crippen molar-refractivity contribution in [2.75, 3.05) is 7.05 Å². The Morgan fingerprint density at radius 2 is 1.94 bits per heavy atom. The molecule has 2 rings (SSSR count). The summed E-state index contributed by atoms with van der Waals surface area (Å²) in [4.78, 5) is 2.42. The van der Waals surface area contributed by atoms with Gasteiger partial charge in [-0.2, -0.15) is 0 Å². The first-order chi connectivity index (χ1) is 8.58. The summed E-state index contributed by atoms with van der Waals surface area (Å²) in [7, 11) is 2.18. The van der Waals surface area contributed by atoms with Crippen LogP contribution in [0.2, 0.25) is 0 Å². The molecule has 1 aromatic rings. The second kappa shape index (κ2) is 5.72. The quantitative estimate of drug-likeness (QED) is 0.864. The maximum Gasteiger partial charge on any atom is 0.115 e. The molecule has 18 heavy (non-hydrogen) atoms. The Morgan fingerprint density at radius 3 is 2.56 bits per heavy atom. The van der Waals surface area contributed by atoms with Crippen LogP contribution < -0.4 is 5.73 Å². The lowest BCUT2D eigenvalue weighted by Gasteiger charge is -2.37. The van der Waals surface area contributed by atoms with Crippen LogP contribution in [0.15, 0.2) is 24.3 Å². The molecule has 1 aliphatic carbocycles. The molecule has 0 saturated heterocycles. The molecule has 0 heterocycles. The Bertz CT molecular complexity index is 386. The van der Waals surface area contributed by atoms with Crippen molar-refractivity contribution >= 4 is 0 Å². The molecule has 1 aromatic carbocycles. The summed E-state index contributed by atoms with van der Waals surface area (Å²) in [6.07, 6.45) is 4.62. The van der Waals surface area contributed by atoms with Gasteiger partial charge in [0.1, 0.15) is 5.75 Å². The van der Waals surface area contributed by atoms with Gasteiger partial charge in [-0.25, -0.2) is 0 Å². The molecule has 1 atom stereocenters. The van der Waals surface area contributed by atoms with Crippen LogP contribution in [-0.4, -0.2) is 29.1 Å². The highest BCUT2D eigenvalue weighted by atomic mass is 16.3. The summed E-state index contributed by atoms with van der Waals surface area (Å²) >= 11 is 0. The fraction of sp³-hybridized carbons (Fsp3) is 0.600. The monoisotopic (exact) mass is 248 g/mol. The molecule has 0 bridgehead atoms. The number of nitrogens with two attached hydrogens (primary N) is 1. The van der Waals surface area contributed by atoms with E-state index in [9.17, 15) is 5.11 Å². The minimum Gasteiger partial charge on any atom is -0.508 e. The minimum absolute atomic E-state index is 0.330. The third-order valence-electron chi connectivity index (χ3n) is 4.28. The Morgan fingerprint density at radius 1 is 1.28 bits per heavy atom. The largest absolute Gasteiger partial charge is 0.508 e. The van der Waals surface area contributed by atoms with Gasteiger partial charge in [0.2, 0.25) is 0 Å². The molecule has 3 heteroatoms. The van der Waals surface area contributed by atoms with Gasteiger partial charge in [0.15, 0.2) is 0 Å². The normalized spacial score (nSPS) is 26.2. The average Bonchev–Trinajstić information content (AvgIpc) is 2.38. The Kier molecular flexibility index (Phi) is 4.25. The van der Waals surface area contributed by atoms with E-state index in [4.69, 9.17) is 5.73 Å². The molecule has 1 unspecified atom stereocenters. The van der Waals surface area contributed by atoms with E-state index in [1.165, 1.54) is 18.4 Å². The number of benzene rings is 1. The number of hydrogen-bond acceptors (Lipinski definition) is 3. The second-order valence-corrected chi connectivity index (χ2v) is 5.51. The fourth-order valence-corrected chi connectivity index (χ4v) is 2.84. The molecule has 0 aromatic heterocycles. The maximum atomic E-state index is 9.55. The zero-order chi connectivity index (χ0) is 13.1. The lowest BCUT2D eigenvalue weighted by molar-refractivity contribution is 0.140. The van der Waals surface area contributed by atoms with Crippen LogP contribution >= 0.6 is 0 Å². The smallest absolute Gasteiger partial charge is 0.115 e. The van der Waals surface area contributed by atoms with Crippen molar-refractivity contribution in [3.8, 4) is 5.75 Å². The first-order valence-corrected chi connectivity index (χ1v) is 6.84. The van der Waals surface area contributed by atoms with Crippen molar-refractivity contribution in [2.24, 2.45) is 5.73 Å². The van der Waals surface area contributed by atoms with Gasteiger partial charge in [-0.3, -0.25) is 4.90 Å². The molecule has 0 spiro atoms. The van der Waals surface area contributed by atoms with Gasteiger partial charge in [0.05, 0.1) is 0 Å². The van der Waals surface area contributed by atoms with Crippen LogP contribution in [0.3, 0.4) is 0 Å². The van der Waals surface area contributed by atoms with Crippen LogP contribution in [-0.2, 0) is 0 Å². The number of aromatic hydroxyl groups is 1. The van der Waals surface area contributed by atoms with Crippen LogP contribution in [0.4, 0.5) is 0 Å². The molecular formula is C15H24N2O. The van der Waals surface area contributed by atoms with Gasteiger partial charge in [-0.05, 0) is 57.4 Å². The van der Waals surface area contributed by atoms with E-state index in [2.05, 4.69) is 24.9 Å². The Hall–Kier alpha value is -1.06. The van der Waals surface area contributed by atoms with Gasteiger partial charge in [0, 0.05) is 18.1 Å². The molecule has 100 valence electrons. The lowest BCUT2D eigenvalue weighted by atomic mass is 9.90. The topological polar surface area (TPSA) is 49.5 Å². The van der Waals surface area contributed by atoms with Gasteiger partial charge < -0.3 is 10.8 Å². The molecule has 1 fully saturated rings. The van der Waals surface area contributed by atoms with E-state index in [-0.39, 0.29) is 0 Å². The number of phenols is 1. The molecule has 1 saturated carbocycles. The Labute approximate surface area is 110 Å². The van der Waals surface area contributed by atoms with E-state index >= 15 is 0 Å². The van der Waals surface area contributed by atoms with Crippen molar-refractivity contribution in [1.29, 1.82) is 0 Å². The highest BCUT2D eigenvalue weighted by Crippen LogP contribution is 2.29. The lowest BCUT2D eigenvalue weighted by Crippen LogP contribution is -2.39. The highest BCUT2D eigenvalue weighted by Gasteiger charge is 2.25. The number of hydrogen-bond donors (Lipinski definition) is 2. The molecule has 0 aliphatic heterocycles. The van der Waals surface area contributed by atoms with E-state index in [1.54, 1.807) is 6.07 Å². The summed E-state index contributed by atoms with van der Waals surface area (Å²) in [5.74, 6) is 0.346. The molecule has 3 N–H and O–H groups in total. The SMILES string of the molecule is CC(c1cccc(O)c1)N(C)C1CCC(N)CC1. The fourth-order valence-electron chi connectivity index (χ4n) is 2.84. The summed E-state index contributed by atoms with van der Waals surface area (Å²) in [5.41, 5.74) is 7.13. The number of rotatable bonds is 3. The highest BCUT2D eigenvalue weighted by molar-refractivity contribution is 5.29. The first kappa shape index (κ1) is 13.4. The summed E-state index contributed by atoms with van der Waals surface area (Å²) in [5, 5.41) is 9.55. The number of phenolic OH excluding ortho intramolecular Hbond substituents is 1. The maximum absolute atomic E-state index is 9.55. The summed E-state index contributed by atoms with van der Waals surface area (Å²) < 4.78 is 0. The predicted octanol–water partition coefficient (Wildman–Crippen LogP) is 2.65. The van der Waals surface area contributed by atoms with E-state index in [0.29, 0.717) is 23.9 Å². The van der Waals surface area contributed by atoms with Crippen LogP contribution in [0.1, 0.15) is 44.2 Å². The van der Waals surface area contributed by atoms with Crippen molar-refractivity contribution in [1.82, 2.24) is 4.90 Å². The summed E-state index contributed by atoms with van der Waals surface area (Å²) in [6, 6.07) is 8.90. The van der Waals surface area contributed by atoms with Crippen molar-refractivity contribution in [3.05, 3.63) is 29.8 Å². The number of nitrogens with zero attached hydrogens (tertiary/aromatic N) is 1. The molecule has 0 radical (unpaired) electrons. The molecule has 0 amide bonds. The van der Waals surface area contributed by atoms with Crippen LogP contribution in [0.5, 0.6) is 5.75 Å². The third kappa shape index (κ3) is 3.03. The standard InChI is InChI=1S/C15H24N2O/c1-11(12-4-3-5-15(18)10-12)17(2)14-8-6-13(16)7-9-14/h3-5,10-11,13-14,18H,6-9,16H2,1-2H3. The van der Waals surface area contributed by atoms with E-state index in [1.807, 2.05) is 12.1 Å².